The molecule has 0 bridgehead atoms. The van der Waals surface area contributed by atoms with Gasteiger partial charge in [0, 0.05) is 12.1 Å². The van der Waals surface area contributed by atoms with Crippen molar-refractivity contribution < 1.29 is 18.4 Å². The van der Waals surface area contributed by atoms with Gasteiger partial charge < -0.3 is 4.74 Å². The highest BCUT2D eigenvalue weighted by molar-refractivity contribution is 6.32. The Balaban J connectivity index is 2.94. The lowest BCUT2D eigenvalue weighted by Gasteiger charge is -2.03. The van der Waals surface area contributed by atoms with E-state index in [4.69, 9.17) is 11.6 Å². The zero-order valence-corrected chi connectivity index (χ0v) is 7.37. The van der Waals surface area contributed by atoms with Crippen molar-refractivity contribution in [2.24, 2.45) is 0 Å². The zero-order valence-electron chi connectivity index (χ0n) is 6.62. The quantitative estimate of drug-likeness (QED) is 0.585. The van der Waals surface area contributed by atoms with Crippen molar-refractivity contribution in [1.29, 1.82) is 0 Å². The first kappa shape index (κ1) is 10.6. The van der Waals surface area contributed by atoms with Crippen LogP contribution in [0.15, 0.2) is 18.2 Å². The number of hydrogen-bond donors (Lipinski definition) is 0. The summed E-state index contributed by atoms with van der Waals surface area (Å²) in [6.45, 7) is -2.98. The molecular weight excluding hydrogens is 220 g/mol. The van der Waals surface area contributed by atoms with E-state index < -0.39 is 11.5 Å². The predicted octanol–water partition coefficient (Wildman–Crippen LogP) is 2.85. The Kier molecular flexibility index (Phi) is 3.19. The summed E-state index contributed by atoms with van der Waals surface area (Å²) in [5, 5.41) is 10.0. The molecule has 0 heterocycles. The molecular formula is C7H4ClF2NO3. The van der Waals surface area contributed by atoms with E-state index in [-0.39, 0.29) is 16.5 Å². The van der Waals surface area contributed by atoms with E-state index in [1.54, 1.807) is 0 Å². The van der Waals surface area contributed by atoms with E-state index in [0.717, 1.165) is 18.2 Å². The molecule has 0 aliphatic rings. The minimum Gasteiger partial charge on any atom is -0.435 e. The van der Waals surface area contributed by atoms with Crippen LogP contribution < -0.4 is 4.74 Å². The molecule has 76 valence electrons. The molecule has 0 amide bonds. The second kappa shape index (κ2) is 4.19. The summed E-state index contributed by atoms with van der Waals surface area (Å²) < 4.78 is 27.4. The summed E-state index contributed by atoms with van der Waals surface area (Å²) in [6.07, 6.45) is 0. The Morgan fingerprint density at radius 3 is 2.57 bits per heavy atom. The van der Waals surface area contributed by atoms with Gasteiger partial charge in [-0.05, 0) is 6.07 Å². The van der Waals surface area contributed by atoms with Gasteiger partial charge in [0.15, 0.2) is 0 Å². The smallest absolute Gasteiger partial charge is 0.387 e. The Morgan fingerprint density at radius 2 is 2.14 bits per heavy atom. The third-order valence-corrected chi connectivity index (χ3v) is 1.64. The van der Waals surface area contributed by atoms with Gasteiger partial charge in [0.25, 0.3) is 5.69 Å². The Morgan fingerprint density at radius 1 is 1.50 bits per heavy atom. The summed E-state index contributed by atoms with van der Waals surface area (Å²) in [5.74, 6) is -0.212. The van der Waals surface area contributed by atoms with Gasteiger partial charge in [-0.15, -0.1) is 0 Å². The van der Waals surface area contributed by atoms with Gasteiger partial charge in [0.05, 0.1) is 4.92 Å². The Labute approximate surface area is 82.2 Å². The van der Waals surface area contributed by atoms with Gasteiger partial charge in [-0.25, -0.2) is 0 Å². The molecule has 1 aromatic rings. The van der Waals surface area contributed by atoms with Gasteiger partial charge >= 0.3 is 6.61 Å². The van der Waals surface area contributed by atoms with Crippen LogP contribution in [0.3, 0.4) is 0 Å². The van der Waals surface area contributed by atoms with Crippen LogP contribution >= 0.6 is 11.6 Å². The van der Waals surface area contributed by atoms with E-state index in [9.17, 15) is 18.9 Å². The standard InChI is InChI=1S/C7H4ClF2NO3/c8-5-3-4(14-7(9)10)1-2-6(5)11(12)13/h1-3,7H. The number of ether oxygens (including phenoxy) is 1. The van der Waals surface area contributed by atoms with Gasteiger partial charge in [0.2, 0.25) is 0 Å². The van der Waals surface area contributed by atoms with Gasteiger partial charge in [-0.3, -0.25) is 10.1 Å². The summed E-state index contributed by atoms with van der Waals surface area (Å²) in [6, 6.07) is 3.02. The molecule has 1 aromatic carbocycles. The van der Waals surface area contributed by atoms with Crippen molar-refractivity contribution in [3.63, 3.8) is 0 Å². The molecule has 14 heavy (non-hydrogen) atoms. The van der Waals surface area contributed by atoms with E-state index >= 15 is 0 Å². The minimum absolute atomic E-state index is 0.212. The number of benzene rings is 1. The van der Waals surface area contributed by atoms with Crippen LogP contribution in [-0.2, 0) is 0 Å². The molecule has 7 heteroatoms. The highest BCUT2D eigenvalue weighted by atomic mass is 35.5. The molecule has 0 aromatic heterocycles. The fraction of sp³-hybridized carbons (Fsp3) is 0.143. The first-order valence-electron chi connectivity index (χ1n) is 3.39. The average Bonchev–Trinajstić information content (AvgIpc) is 2.01. The van der Waals surface area contributed by atoms with Crippen LogP contribution in [-0.4, -0.2) is 11.5 Å². The van der Waals surface area contributed by atoms with Crippen LogP contribution in [0.2, 0.25) is 5.02 Å². The maximum Gasteiger partial charge on any atom is 0.387 e. The largest absolute Gasteiger partial charge is 0.435 e. The topological polar surface area (TPSA) is 52.4 Å². The van der Waals surface area contributed by atoms with Crippen molar-refractivity contribution in [2.45, 2.75) is 6.61 Å². The first-order chi connectivity index (χ1) is 6.50. The number of alkyl halides is 2. The van der Waals surface area contributed by atoms with Crippen LogP contribution in [0.1, 0.15) is 0 Å². The zero-order chi connectivity index (χ0) is 10.7. The fourth-order valence-electron chi connectivity index (χ4n) is 0.812. The summed E-state index contributed by atoms with van der Waals surface area (Å²) in [7, 11) is 0. The number of nitro benzene ring substituents is 1. The summed E-state index contributed by atoms with van der Waals surface area (Å²) in [5.41, 5.74) is -0.353. The number of halogens is 3. The molecule has 0 N–H and O–H groups in total. The second-order valence-corrected chi connectivity index (χ2v) is 2.66. The van der Waals surface area contributed by atoms with Crippen molar-refractivity contribution >= 4 is 17.3 Å². The Bertz CT molecular complexity index is 359. The molecule has 0 fully saturated rings. The molecule has 0 aliphatic carbocycles. The number of rotatable bonds is 3. The van der Waals surface area contributed by atoms with E-state index in [1.807, 2.05) is 0 Å². The predicted molar refractivity (Wildman–Crippen MR) is 44.7 cm³/mol. The molecule has 0 unspecified atom stereocenters. The van der Waals surface area contributed by atoms with Crippen molar-refractivity contribution in [3.8, 4) is 5.75 Å². The first-order valence-corrected chi connectivity index (χ1v) is 3.77. The third-order valence-electron chi connectivity index (χ3n) is 1.34. The van der Waals surface area contributed by atoms with Crippen LogP contribution in [0.25, 0.3) is 0 Å². The molecule has 0 aliphatic heterocycles. The maximum absolute atomic E-state index is 11.7. The van der Waals surface area contributed by atoms with Crippen molar-refractivity contribution in [1.82, 2.24) is 0 Å². The SMILES string of the molecule is O=[N+]([O-])c1ccc(OC(F)F)cc1Cl. The van der Waals surface area contributed by atoms with Crippen LogP contribution in [0.5, 0.6) is 5.75 Å². The molecule has 1 rings (SSSR count). The lowest BCUT2D eigenvalue weighted by Crippen LogP contribution is -2.02. The number of nitro groups is 1. The van der Waals surface area contributed by atoms with Crippen LogP contribution in [0.4, 0.5) is 14.5 Å². The lowest BCUT2D eigenvalue weighted by atomic mass is 10.3. The number of nitrogens with zero attached hydrogens (tertiary/aromatic N) is 1. The maximum atomic E-state index is 11.7. The molecule has 0 saturated heterocycles. The van der Waals surface area contributed by atoms with Crippen molar-refractivity contribution in [3.05, 3.63) is 33.3 Å². The molecule has 0 spiro atoms. The molecule has 0 atom stereocenters. The van der Waals surface area contributed by atoms with E-state index in [0.29, 0.717) is 0 Å². The third kappa shape index (κ3) is 2.53. The molecule has 0 saturated carbocycles. The van der Waals surface area contributed by atoms with E-state index in [2.05, 4.69) is 4.74 Å². The van der Waals surface area contributed by atoms with Gasteiger partial charge in [0.1, 0.15) is 10.8 Å². The van der Waals surface area contributed by atoms with Crippen LogP contribution in [0, 0.1) is 10.1 Å². The summed E-state index contributed by atoms with van der Waals surface area (Å²) >= 11 is 5.44. The summed E-state index contributed by atoms with van der Waals surface area (Å²) in [4.78, 5) is 9.57. The molecule has 0 radical (unpaired) electrons. The van der Waals surface area contributed by atoms with Crippen molar-refractivity contribution in [2.75, 3.05) is 0 Å². The van der Waals surface area contributed by atoms with Gasteiger partial charge in [-0.1, -0.05) is 11.6 Å². The average molecular weight is 224 g/mol. The Hall–Kier alpha value is -1.43. The van der Waals surface area contributed by atoms with E-state index in [1.165, 1.54) is 0 Å². The lowest BCUT2D eigenvalue weighted by molar-refractivity contribution is -0.384. The van der Waals surface area contributed by atoms with Gasteiger partial charge in [-0.2, -0.15) is 8.78 Å². The normalized spacial score (nSPS) is 10.3. The molecule has 4 nitrogen and oxygen atoms in total. The fourth-order valence-corrected chi connectivity index (χ4v) is 1.05. The number of hydrogen-bond acceptors (Lipinski definition) is 3. The highest BCUT2D eigenvalue weighted by Gasteiger charge is 2.14. The second-order valence-electron chi connectivity index (χ2n) is 2.25. The minimum atomic E-state index is -2.98. The highest BCUT2D eigenvalue weighted by Crippen LogP contribution is 2.28. The monoisotopic (exact) mass is 223 g/mol.